The van der Waals surface area contributed by atoms with E-state index in [9.17, 15) is 8.42 Å². The van der Waals surface area contributed by atoms with Crippen LogP contribution in [0, 0.1) is 0 Å². The minimum absolute atomic E-state index is 0.585. The number of nitrogens with zero attached hydrogens (tertiary/aromatic N) is 1. The zero-order valence-electron chi connectivity index (χ0n) is 9.03. The quantitative estimate of drug-likeness (QED) is 0.766. The monoisotopic (exact) mass is 225 g/mol. The van der Waals surface area contributed by atoms with Gasteiger partial charge in [-0.25, -0.2) is 8.42 Å². The standard InChI is InChI=1S/C11H15NO2S/c1-3-9-4-5-10-6-7-12(11(10)8-9)15(2,13)14/h4-5,8H,3,6-7H2,1-2H3. The van der Waals surface area contributed by atoms with Gasteiger partial charge in [0.25, 0.3) is 0 Å². The summed E-state index contributed by atoms with van der Waals surface area (Å²) in [6, 6.07) is 6.10. The van der Waals surface area contributed by atoms with Crippen molar-refractivity contribution < 1.29 is 8.42 Å². The number of fused-ring (bicyclic) bond motifs is 1. The molecule has 0 radical (unpaired) electrons. The fraction of sp³-hybridized carbons (Fsp3) is 0.455. The zero-order chi connectivity index (χ0) is 11.1. The van der Waals surface area contributed by atoms with Gasteiger partial charge in [0.2, 0.25) is 10.0 Å². The molecule has 0 atom stereocenters. The molecule has 0 saturated heterocycles. The van der Waals surface area contributed by atoms with Crippen molar-refractivity contribution >= 4 is 15.7 Å². The molecule has 0 N–H and O–H groups in total. The number of hydrogen-bond donors (Lipinski definition) is 0. The van der Waals surface area contributed by atoms with E-state index < -0.39 is 10.0 Å². The van der Waals surface area contributed by atoms with Gasteiger partial charge < -0.3 is 0 Å². The fourth-order valence-electron chi connectivity index (χ4n) is 1.96. The molecular weight excluding hydrogens is 210 g/mol. The Morgan fingerprint density at radius 3 is 2.73 bits per heavy atom. The molecule has 0 saturated carbocycles. The van der Waals surface area contributed by atoms with Crippen molar-refractivity contribution in [2.75, 3.05) is 17.1 Å². The molecule has 0 aliphatic carbocycles. The highest BCUT2D eigenvalue weighted by Gasteiger charge is 2.25. The van der Waals surface area contributed by atoms with Gasteiger partial charge in [0, 0.05) is 6.54 Å². The molecule has 82 valence electrons. The van der Waals surface area contributed by atoms with Crippen molar-refractivity contribution in [2.24, 2.45) is 0 Å². The summed E-state index contributed by atoms with van der Waals surface area (Å²) in [5, 5.41) is 0. The van der Waals surface area contributed by atoms with Crippen molar-refractivity contribution in [1.82, 2.24) is 0 Å². The summed E-state index contributed by atoms with van der Waals surface area (Å²) in [7, 11) is -3.11. The van der Waals surface area contributed by atoms with Crippen LogP contribution in [0.2, 0.25) is 0 Å². The third kappa shape index (κ3) is 1.86. The SMILES string of the molecule is CCc1ccc2c(c1)N(S(C)(=O)=O)CC2. The van der Waals surface area contributed by atoms with Crippen LogP contribution in [-0.4, -0.2) is 21.2 Å². The second kappa shape index (κ2) is 3.52. The normalized spacial score (nSPS) is 15.5. The van der Waals surface area contributed by atoms with E-state index in [0.717, 1.165) is 24.1 Å². The smallest absolute Gasteiger partial charge is 0.232 e. The molecule has 4 heteroatoms. The Morgan fingerprint density at radius 1 is 1.40 bits per heavy atom. The summed E-state index contributed by atoms with van der Waals surface area (Å²) in [6.45, 7) is 2.66. The first-order chi connectivity index (χ1) is 7.02. The second-order valence-electron chi connectivity index (χ2n) is 3.90. The van der Waals surface area contributed by atoms with Crippen LogP contribution < -0.4 is 4.31 Å². The maximum Gasteiger partial charge on any atom is 0.232 e. The lowest BCUT2D eigenvalue weighted by atomic mass is 10.1. The molecule has 3 nitrogen and oxygen atoms in total. The Labute approximate surface area is 90.8 Å². The van der Waals surface area contributed by atoms with Gasteiger partial charge in [-0.2, -0.15) is 0 Å². The van der Waals surface area contributed by atoms with Crippen LogP contribution in [0.1, 0.15) is 18.1 Å². The van der Waals surface area contributed by atoms with E-state index >= 15 is 0 Å². The predicted molar refractivity (Wildman–Crippen MR) is 61.7 cm³/mol. The van der Waals surface area contributed by atoms with Crippen LogP contribution >= 0.6 is 0 Å². The Balaban J connectivity index is 2.49. The zero-order valence-corrected chi connectivity index (χ0v) is 9.84. The van der Waals surface area contributed by atoms with Gasteiger partial charge in [-0.05, 0) is 30.0 Å². The minimum Gasteiger partial charge on any atom is -0.270 e. The molecular formula is C11H15NO2S. The van der Waals surface area contributed by atoms with E-state index in [2.05, 4.69) is 13.0 Å². The number of rotatable bonds is 2. The summed E-state index contributed by atoms with van der Waals surface area (Å²) in [5.41, 5.74) is 3.19. The molecule has 0 aromatic heterocycles. The molecule has 1 aliphatic rings. The second-order valence-corrected chi connectivity index (χ2v) is 5.81. The molecule has 0 spiro atoms. The van der Waals surface area contributed by atoms with Crippen molar-refractivity contribution in [3.8, 4) is 0 Å². The summed E-state index contributed by atoms with van der Waals surface area (Å²) in [6.07, 6.45) is 3.03. The molecule has 1 aliphatic heterocycles. The highest BCUT2D eigenvalue weighted by Crippen LogP contribution is 2.30. The summed E-state index contributed by atoms with van der Waals surface area (Å²) >= 11 is 0. The van der Waals surface area contributed by atoms with Crippen LogP contribution in [0.3, 0.4) is 0 Å². The maximum absolute atomic E-state index is 11.5. The van der Waals surface area contributed by atoms with Crippen LogP contribution in [0.15, 0.2) is 18.2 Å². The lowest BCUT2D eigenvalue weighted by Crippen LogP contribution is -2.27. The van der Waals surface area contributed by atoms with Crippen LogP contribution in [0.5, 0.6) is 0 Å². The summed E-state index contributed by atoms with van der Waals surface area (Å²) < 4.78 is 24.5. The highest BCUT2D eigenvalue weighted by atomic mass is 32.2. The molecule has 2 rings (SSSR count). The first kappa shape index (κ1) is 10.5. The fourth-order valence-corrected chi connectivity index (χ4v) is 2.91. The maximum atomic E-state index is 11.5. The lowest BCUT2D eigenvalue weighted by Gasteiger charge is -2.16. The molecule has 0 fully saturated rings. The van der Waals surface area contributed by atoms with E-state index in [-0.39, 0.29) is 0 Å². The Hall–Kier alpha value is -1.03. The molecule has 1 aromatic rings. The van der Waals surface area contributed by atoms with Crippen LogP contribution in [-0.2, 0) is 22.9 Å². The van der Waals surface area contributed by atoms with Crippen LogP contribution in [0.4, 0.5) is 5.69 Å². The molecule has 15 heavy (non-hydrogen) atoms. The average Bonchev–Trinajstić information content (AvgIpc) is 2.59. The van der Waals surface area contributed by atoms with E-state index in [4.69, 9.17) is 0 Å². The van der Waals surface area contributed by atoms with E-state index in [1.807, 2.05) is 12.1 Å². The lowest BCUT2D eigenvalue weighted by molar-refractivity contribution is 0.598. The van der Waals surface area contributed by atoms with Gasteiger partial charge in [-0.3, -0.25) is 4.31 Å². The number of hydrogen-bond acceptors (Lipinski definition) is 2. The topological polar surface area (TPSA) is 37.4 Å². The van der Waals surface area contributed by atoms with Gasteiger partial charge in [0.15, 0.2) is 0 Å². The Morgan fingerprint density at radius 2 is 2.13 bits per heavy atom. The molecule has 0 unspecified atom stereocenters. The number of aryl methyl sites for hydroxylation is 1. The highest BCUT2D eigenvalue weighted by molar-refractivity contribution is 7.92. The van der Waals surface area contributed by atoms with E-state index in [1.165, 1.54) is 16.1 Å². The van der Waals surface area contributed by atoms with Gasteiger partial charge in [-0.1, -0.05) is 19.1 Å². The first-order valence-electron chi connectivity index (χ1n) is 5.12. The third-order valence-corrected chi connectivity index (χ3v) is 3.99. The first-order valence-corrected chi connectivity index (χ1v) is 6.96. The largest absolute Gasteiger partial charge is 0.270 e. The average molecular weight is 225 g/mol. The third-order valence-electron chi connectivity index (χ3n) is 2.81. The van der Waals surface area contributed by atoms with Gasteiger partial charge in [0.1, 0.15) is 0 Å². The Kier molecular flexibility index (Phi) is 2.46. The molecule has 0 amide bonds. The Bertz CT molecular complexity index is 479. The van der Waals surface area contributed by atoms with Crippen LogP contribution in [0.25, 0.3) is 0 Å². The molecule has 1 aromatic carbocycles. The van der Waals surface area contributed by atoms with E-state index in [1.54, 1.807) is 0 Å². The van der Waals surface area contributed by atoms with Crippen molar-refractivity contribution in [3.63, 3.8) is 0 Å². The van der Waals surface area contributed by atoms with Crippen molar-refractivity contribution in [1.29, 1.82) is 0 Å². The molecule has 1 heterocycles. The van der Waals surface area contributed by atoms with Crippen molar-refractivity contribution in [3.05, 3.63) is 29.3 Å². The predicted octanol–water partition coefficient (Wildman–Crippen LogP) is 1.57. The van der Waals surface area contributed by atoms with Gasteiger partial charge >= 0.3 is 0 Å². The molecule has 0 bridgehead atoms. The van der Waals surface area contributed by atoms with Gasteiger partial charge in [-0.15, -0.1) is 0 Å². The van der Waals surface area contributed by atoms with E-state index in [0.29, 0.717) is 6.54 Å². The summed E-state index contributed by atoms with van der Waals surface area (Å²) in [5.74, 6) is 0. The number of benzene rings is 1. The van der Waals surface area contributed by atoms with Crippen molar-refractivity contribution in [2.45, 2.75) is 19.8 Å². The minimum atomic E-state index is -3.11. The number of anilines is 1. The van der Waals surface area contributed by atoms with Gasteiger partial charge in [0.05, 0.1) is 11.9 Å². The summed E-state index contributed by atoms with van der Waals surface area (Å²) in [4.78, 5) is 0. The number of sulfonamides is 1.